The SMILES string of the molecule is N#CC1(Cl)OCc2ccccc21. The van der Waals surface area contributed by atoms with Crippen LogP contribution in [0, 0.1) is 11.3 Å². The molecule has 1 aliphatic rings. The van der Waals surface area contributed by atoms with Gasteiger partial charge in [-0.3, -0.25) is 0 Å². The maximum atomic E-state index is 8.77. The van der Waals surface area contributed by atoms with Crippen molar-refractivity contribution in [2.45, 2.75) is 11.7 Å². The fourth-order valence-electron chi connectivity index (χ4n) is 1.31. The van der Waals surface area contributed by atoms with E-state index in [1.807, 2.05) is 30.3 Å². The predicted octanol–water partition coefficient (Wildman–Crippen LogP) is 2.13. The lowest BCUT2D eigenvalue weighted by Crippen LogP contribution is -2.13. The van der Waals surface area contributed by atoms with Gasteiger partial charge in [-0.2, -0.15) is 5.26 Å². The molecule has 2 nitrogen and oxygen atoms in total. The highest BCUT2D eigenvalue weighted by atomic mass is 35.5. The number of nitriles is 1. The second-order valence-corrected chi connectivity index (χ2v) is 3.19. The maximum absolute atomic E-state index is 8.77. The summed E-state index contributed by atoms with van der Waals surface area (Å²) in [6, 6.07) is 9.43. The molecule has 0 amide bonds. The number of nitrogens with zero attached hydrogens (tertiary/aromatic N) is 1. The zero-order valence-corrected chi connectivity index (χ0v) is 7.01. The zero-order chi connectivity index (χ0) is 8.60. The van der Waals surface area contributed by atoms with Crippen LogP contribution in [0.15, 0.2) is 24.3 Å². The number of rotatable bonds is 0. The quantitative estimate of drug-likeness (QED) is 0.572. The van der Waals surface area contributed by atoms with Crippen LogP contribution in [0.4, 0.5) is 0 Å². The molecular weight excluding hydrogens is 174 g/mol. The van der Waals surface area contributed by atoms with Gasteiger partial charge in [0, 0.05) is 5.56 Å². The average Bonchev–Trinajstić information content (AvgIpc) is 2.46. The van der Waals surface area contributed by atoms with E-state index >= 15 is 0 Å². The fraction of sp³-hybridized carbons (Fsp3) is 0.222. The summed E-state index contributed by atoms with van der Waals surface area (Å²) < 4.78 is 5.16. The van der Waals surface area contributed by atoms with Gasteiger partial charge in [0.25, 0.3) is 5.06 Å². The van der Waals surface area contributed by atoms with Crippen LogP contribution in [0.1, 0.15) is 11.1 Å². The molecule has 0 saturated heterocycles. The number of hydrogen-bond acceptors (Lipinski definition) is 2. The van der Waals surface area contributed by atoms with Crippen LogP contribution in [0.3, 0.4) is 0 Å². The average molecular weight is 180 g/mol. The number of alkyl halides is 1. The van der Waals surface area contributed by atoms with Crippen LogP contribution in [0.5, 0.6) is 0 Å². The lowest BCUT2D eigenvalue weighted by atomic mass is 10.1. The Morgan fingerprint density at radius 1 is 1.50 bits per heavy atom. The largest absolute Gasteiger partial charge is 0.339 e. The molecule has 3 heteroatoms. The minimum atomic E-state index is -1.25. The highest BCUT2D eigenvalue weighted by Crippen LogP contribution is 2.38. The van der Waals surface area contributed by atoms with Gasteiger partial charge in [0.05, 0.1) is 6.61 Å². The van der Waals surface area contributed by atoms with E-state index in [9.17, 15) is 0 Å². The molecule has 0 fully saturated rings. The third-order valence-electron chi connectivity index (χ3n) is 1.93. The number of fused-ring (bicyclic) bond motifs is 1. The van der Waals surface area contributed by atoms with Gasteiger partial charge in [-0.05, 0) is 5.56 Å². The molecule has 1 heterocycles. The molecule has 1 aliphatic heterocycles. The summed E-state index contributed by atoms with van der Waals surface area (Å²) in [5.41, 5.74) is 1.77. The molecule has 12 heavy (non-hydrogen) atoms. The second kappa shape index (κ2) is 2.48. The molecule has 0 aromatic heterocycles. The Kier molecular flexibility index (Phi) is 1.57. The van der Waals surface area contributed by atoms with Gasteiger partial charge in [0.15, 0.2) is 0 Å². The van der Waals surface area contributed by atoms with Crippen molar-refractivity contribution in [3.8, 4) is 6.07 Å². The van der Waals surface area contributed by atoms with E-state index in [0.29, 0.717) is 6.61 Å². The summed E-state index contributed by atoms with van der Waals surface area (Å²) in [7, 11) is 0. The third-order valence-corrected chi connectivity index (χ3v) is 2.33. The van der Waals surface area contributed by atoms with Crippen LogP contribution in [0.25, 0.3) is 0 Å². The monoisotopic (exact) mass is 179 g/mol. The van der Waals surface area contributed by atoms with Gasteiger partial charge in [-0.1, -0.05) is 35.9 Å². The number of halogens is 1. The number of benzene rings is 1. The number of hydrogen-bond donors (Lipinski definition) is 0. The van der Waals surface area contributed by atoms with E-state index in [-0.39, 0.29) is 0 Å². The summed E-state index contributed by atoms with van der Waals surface area (Å²) in [6.45, 7) is 0.424. The Balaban J connectivity index is 2.58. The Hall–Kier alpha value is -1.04. The Morgan fingerprint density at radius 3 is 3.00 bits per heavy atom. The van der Waals surface area contributed by atoms with Crippen LogP contribution >= 0.6 is 11.6 Å². The molecule has 1 aromatic carbocycles. The molecule has 0 saturated carbocycles. The highest BCUT2D eigenvalue weighted by Gasteiger charge is 2.37. The first kappa shape index (κ1) is 7.60. The van der Waals surface area contributed by atoms with Crippen molar-refractivity contribution in [1.29, 1.82) is 5.26 Å². The van der Waals surface area contributed by atoms with Gasteiger partial charge in [0.2, 0.25) is 0 Å². The first-order chi connectivity index (χ1) is 5.76. The molecule has 0 spiro atoms. The summed E-state index contributed by atoms with van der Waals surface area (Å²) in [5.74, 6) is 0. The van der Waals surface area contributed by atoms with E-state index in [4.69, 9.17) is 21.6 Å². The number of ether oxygens (including phenoxy) is 1. The zero-order valence-electron chi connectivity index (χ0n) is 6.25. The Labute approximate surface area is 75.3 Å². The molecule has 0 N–H and O–H groups in total. The highest BCUT2D eigenvalue weighted by molar-refractivity contribution is 6.25. The van der Waals surface area contributed by atoms with Crippen molar-refractivity contribution >= 4 is 11.6 Å². The van der Waals surface area contributed by atoms with E-state index in [2.05, 4.69) is 0 Å². The summed E-state index contributed by atoms with van der Waals surface area (Å²) >= 11 is 5.90. The van der Waals surface area contributed by atoms with Gasteiger partial charge >= 0.3 is 0 Å². The molecular formula is C9H6ClNO. The van der Waals surface area contributed by atoms with Crippen molar-refractivity contribution in [2.24, 2.45) is 0 Å². The van der Waals surface area contributed by atoms with E-state index in [1.165, 1.54) is 0 Å². The van der Waals surface area contributed by atoms with E-state index in [0.717, 1.165) is 11.1 Å². The summed E-state index contributed by atoms with van der Waals surface area (Å²) in [6.07, 6.45) is 0. The standard InChI is InChI=1S/C9H6ClNO/c10-9(6-11)8-4-2-1-3-7(8)5-12-9/h1-4H,5H2. The van der Waals surface area contributed by atoms with Crippen LogP contribution in [-0.2, 0) is 16.4 Å². The molecule has 1 unspecified atom stereocenters. The summed E-state index contributed by atoms with van der Waals surface area (Å²) in [5, 5.41) is 7.51. The van der Waals surface area contributed by atoms with Crippen molar-refractivity contribution in [1.82, 2.24) is 0 Å². The molecule has 2 rings (SSSR count). The topological polar surface area (TPSA) is 33.0 Å². The molecule has 0 radical (unpaired) electrons. The lowest BCUT2D eigenvalue weighted by molar-refractivity contribution is 0.0712. The van der Waals surface area contributed by atoms with Gasteiger partial charge in [0.1, 0.15) is 6.07 Å². The predicted molar refractivity (Wildman–Crippen MR) is 44.4 cm³/mol. The van der Waals surface area contributed by atoms with Gasteiger partial charge in [-0.25, -0.2) is 0 Å². The van der Waals surface area contributed by atoms with Crippen molar-refractivity contribution in [3.63, 3.8) is 0 Å². The van der Waals surface area contributed by atoms with Crippen LogP contribution in [-0.4, -0.2) is 0 Å². The van der Waals surface area contributed by atoms with E-state index in [1.54, 1.807) is 0 Å². The molecule has 1 aromatic rings. The first-order valence-electron chi connectivity index (χ1n) is 3.59. The van der Waals surface area contributed by atoms with Gasteiger partial charge in [-0.15, -0.1) is 0 Å². The molecule has 0 aliphatic carbocycles. The van der Waals surface area contributed by atoms with Crippen LogP contribution < -0.4 is 0 Å². The first-order valence-corrected chi connectivity index (χ1v) is 3.96. The minimum Gasteiger partial charge on any atom is -0.339 e. The smallest absolute Gasteiger partial charge is 0.256 e. The second-order valence-electron chi connectivity index (χ2n) is 2.65. The fourth-order valence-corrected chi connectivity index (χ4v) is 1.55. The normalized spacial score (nSPS) is 26.3. The Morgan fingerprint density at radius 2 is 2.25 bits per heavy atom. The minimum absolute atomic E-state index is 0.424. The molecule has 1 atom stereocenters. The molecule has 60 valence electrons. The molecule has 0 bridgehead atoms. The summed E-state index contributed by atoms with van der Waals surface area (Å²) in [4.78, 5) is 0. The lowest BCUT2D eigenvalue weighted by Gasteiger charge is -2.10. The van der Waals surface area contributed by atoms with E-state index < -0.39 is 5.06 Å². The van der Waals surface area contributed by atoms with Crippen molar-refractivity contribution in [3.05, 3.63) is 35.4 Å². The Bertz CT molecular complexity index is 358. The third kappa shape index (κ3) is 0.911. The van der Waals surface area contributed by atoms with Gasteiger partial charge < -0.3 is 4.74 Å². The van der Waals surface area contributed by atoms with Crippen LogP contribution in [0.2, 0.25) is 0 Å². The van der Waals surface area contributed by atoms with Crippen molar-refractivity contribution < 1.29 is 4.74 Å². The maximum Gasteiger partial charge on any atom is 0.256 e. The van der Waals surface area contributed by atoms with Crippen molar-refractivity contribution in [2.75, 3.05) is 0 Å².